The number of hydrogen-bond acceptors (Lipinski definition) is 3. The lowest BCUT2D eigenvalue weighted by Crippen LogP contribution is -2.18. The van der Waals surface area contributed by atoms with Gasteiger partial charge in [-0.25, -0.2) is 4.98 Å². The van der Waals surface area contributed by atoms with Crippen LogP contribution in [0.1, 0.15) is 11.1 Å². The molecule has 0 spiro atoms. The number of nitrogens with zero attached hydrogens (tertiary/aromatic N) is 1. The minimum absolute atomic E-state index is 0.557. The van der Waals surface area contributed by atoms with Gasteiger partial charge < -0.3 is 16.0 Å². The number of nitrogens with one attached hydrogen (secondary N) is 3. The van der Waals surface area contributed by atoms with Gasteiger partial charge in [0.25, 0.3) is 0 Å². The standard InChI is InChI=1S/C28H24N4S/c1-18-7-10-21(11-8-18)30-28(33)31-22-14-12-20(13-15-22)29-27-23-5-3-4-6-25(23)32-26-16-9-19(2)17-24(26)27/h3-17H,1-2H3,(H,29,32)(H2,30,31,33). The van der Waals surface area contributed by atoms with E-state index in [2.05, 4.69) is 72.3 Å². The van der Waals surface area contributed by atoms with Gasteiger partial charge in [-0.3, -0.25) is 0 Å². The van der Waals surface area contributed by atoms with Crippen molar-refractivity contribution in [3.63, 3.8) is 0 Å². The van der Waals surface area contributed by atoms with Gasteiger partial charge in [0.1, 0.15) is 0 Å². The van der Waals surface area contributed by atoms with Crippen molar-refractivity contribution in [2.24, 2.45) is 0 Å². The van der Waals surface area contributed by atoms with Gasteiger partial charge in [0.05, 0.1) is 16.7 Å². The van der Waals surface area contributed by atoms with Gasteiger partial charge in [-0.1, -0.05) is 47.5 Å². The van der Waals surface area contributed by atoms with Crippen LogP contribution in [0.5, 0.6) is 0 Å². The van der Waals surface area contributed by atoms with E-state index in [0.717, 1.165) is 44.6 Å². The van der Waals surface area contributed by atoms with Crippen LogP contribution in [0.25, 0.3) is 21.8 Å². The van der Waals surface area contributed by atoms with E-state index in [-0.39, 0.29) is 0 Å². The fourth-order valence-electron chi connectivity index (χ4n) is 3.85. The number of hydrogen-bond donors (Lipinski definition) is 3. The molecular formula is C28H24N4S. The van der Waals surface area contributed by atoms with E-state index in [9.17, 15) is 0 Å². The summed E-state index contributed by atoms with van der Waals surface area (Å²) in [7, 11) is 0. The maximum Gasteiger partial charge on any atom is 0.175 e. The molecule has 0 aliphatic heterocycles. The van der Waals surface area contributed by atoms with Gasteiger partial charge in [0, 0.05) is 27.8 Å². The Labute approximate surface area is 198 Å². The topological polar surface area (TPSA) is 49.0 Å². The van der Waals surface area contributed by atoms with Crippen LogP contribution in [-0.4, -0.2) is 10.1 Å². The third-order valence-electron chi connectivity index (χ3n) is 5.56. The van der Waals surface area contributed by atoms with Gasteiger partial charge in [0.15, 0.2) is 5.11 Å². The largest absolute Gasteiger partial charge is 0.354 e. The molecule has 162 valence electrons. The zero-order chi connectivity index (χ0) is 22.8. The van der Waals surface area contributed by atoms with E-state index in [1.54, 1.807) is 0 Å². The normalized spacial score (nSPS) is 10.8. The average molecular weight is 449 g/mol. The number of anilines is 4. The van der Waals surface area contributed by atoms with Gasteiger partial charge in [-0.15, -0.1) is 0 Å². The Morgan fingerprint density at radius 3 is 1.94 bits per heavy atom. The molecule has 4 aromatic carbocycles. The molecule has 1 heterocycles. The van der Waals surface area contributed by atoms with E-state index in [1.807, 2.05) is 48.5 Å². The number of aromatic nitrogens is 1. The number of thiocarbonyl (C=S) groups is 1. The molecule has 1 aromatic heterocycles. The summed E-state index contributed by atoms with van der Waals surface area (Å²) in [6.07, 6.45) is 0. The van der Waals surface area contributed by atoms with Gasteiger partial charge >= 0.3 is 0 Å². The van der Waals surface area contributed by atoms with Crippen molar-refractivity contribution in [2.45, 2.75) is 13.8 Å². The Morgan fingerprint density at radius 2 is 1.21 bits per heavy atom. The third-order valence-corrected chi connectivity index (χ3v) is 5.76. The molecule has 0 aliphatic rings. The molecule has 0 unspecified atom stereocenters. The Kier molecular flexibility index (Phi) is 5.63. The summed E-state index contributed by atoms with van der Waals surface area (Å²) >= 11 is 5.46. The minimum atomic E-state index is 0.557. The molecular weight excluding hydrogens is 424 g/mol. The van der Waals surface area contributed by atoms with E-state index >= 15 is 0 Å². The van der Waals surface area contributed by atoms with Crippen molar-refractivity contribution in [1.29, 1.82) is 0 Å². The van der Waals surface area contributed by atoms with Crippen molar-refractivity contribution in [3.8, 4) is 0 Å². The lowest BCUT2D eigenvalue weighted by atomic mass is 10.1. The van der Waals surface area contributed by atoms with Crippen LogP contribution in [0.2, 0.25) is 0 Å². The lowest BCUT2D eigenvalue weighted by molar-refractivity contribution is 1.44. The van der Waals surface area contributed by atoms with E-state index in [1.165, 1.54) is 11.1 Å². The minimum Gasteiger partial charge on any atom is -0.354 e. The van der Waals surface area contributed by atoms with E-state index in [4.69, 9.17) is 17.2 Å². The Morgan fingerprint density at radius 1 is 0.636 bits per heavy atom. The van der Waals surface area contributed by atoms with E-state index in [0.29, 0.717) is 5.11 Å². The summed E-state index contributed by atoms with van der Waals surface area (Å²) in [5.74, 6) is 0. The second-order valence-electron chi connectivity index (χ2n) is 8.17. The summed E-state index contributed by atoms with van der Waals surface area (Å²) in [5, 5.41) is 12.9. The highest BCUT2D eigenvalue weighted by Gasteiger charge is 2.10. The maximum atomic E-state index is 5.46. The molecule has 0 fully saturated rings. The monoisotopic (exact) mass is 448 g/mol. The Bertz CT molecular complexity index is 1460. The van der Waals surface area contributed by atoms with Crippen molar-refractivity contribution >= 4 is 61.9 Å². The van der Waals surface area contributed by atoms with Crippen molar-refractivity contribution in [3.05, 3.63) is 102 Å². The second kappa shape index (κ2) is 8.88. The summed E-state index contributed by atoms with van der Waals surface area (Å²) in [6.45, 7) is 4.17. The van der Waals surface area contributed by atoms with Crippen LogP contribution in [-0.2, 0) is 0 Å². The summed E-state index contributed by atoms with van der Waals surface area (Å²) in [6, 6.07) is 30.9. The zero-order valence-corrected chi connectivity index (χ0v) is 19.3. The Hall–Kier alpha value is -3.96. The van der Waals surface area contributed by atoms with Gasteiger partial charge in [-0.2, -0.15) is 0 Å². The average Bonchev–Trinajstić information content (AvgIpc) is 2.82. The molecule has 5 aromatic rings. The molecule has 4 nitrogen and oxygen atoms in total. The Balaban J connectivity index is 1.38. The highest BCUT2D eigenvalue weighted by molar-refractivity contribution is 7.80. The van der Waals surface area contributed by atoms with Crippen molar-refractivity contribution in [2.75, 3.05) is 16.0 Å². The van der Waals surface area contributed by atoms with Gasteiger partial charge in [-0.05, 0) is 80.7 Å². The smallest absolute Gasteiger partial charge is 0.175 e. The number of pyridine rings is 1. The van der Waals surface area contributed by atoms with Crippen LogP contribution in [0.4, 0.5) is 22.7 Å². The molecule has 0 atom stereocenters. The molecule has 0 bridgehead atoms. The number of fused-ring (bicyclic) bond motifs is 2. The highest BCUT2D eigenvalue weighted by atomic mass is 32.1. The van der Waals surface area contributed by atoms with Crippen LogP contribution in [0, 0.1) is 13.8 Å². The van der Waals surface area contributed by atoms with Gasteiger partial charge in [0.2, 0.25) is 0 Å². The van der Waals surface area contributed by atoms with Crippen molar-refractivity contribution < 1.29 is 0 Å². The SMILES string of the molecule is Cc1ccc(NC(=S)Nc2ccc(Nc3c4ccccc4nc4ccc(C)cc34)cc2)cc1. The summed E-state index contributed by atoms with van der Waals surface area (Å²) < 4.78 is 0. The summed E-state index contributed by atoms with van der Waals surface area (Å²) in [5.41, 5.74) is 8.32. The number of para-hydroxylation sites is 1. The van der Waals surface area contributed by atoms with Crippen molar-refractivity contribution in [1.82, 2.24) is 4.98 Å². The molecule has 3 N–H and O–H groups in total. The first kappa shape index (κ1) is 20.9. The van der Waals surface area contributed by atoms with Crippen LogP contribution < -0.4 is 16.0 Å². The molecule has 5 heteroatoms. The number of aryl methyl sites for hydroxylation is 2. The molecule has 5 rings (SSSR count). The zero-order valence-electron chi connectivity index (χ0n) is 18.5. The van der Waals surface area contributed by atoms with E-state index < -0.39 is 0 Å². The quantitative estimate of drug-likeness (QED) is 0.196. The molecule has 0 amide bonds. The number of benzene rings is 4. The van der Waals surface area contributed by atoms with Crippen LogP contribution >= 0.6 is 12.2 Å². The van der Waals surface area contributed by atoms with Crippen LogP contribution in [0.15, 0.2) is 91.0 Å². The maximum absolute atomic E-state index is 5.46. The van der Waals surface area contributed by atoms with Crippen LogP contribution in [0.3, 0.4) is 0 Å². The first-order valence-corrected chi connectivity index (χ1v) is 11.3. The predicted molar refractivity (Wildman–Crippen MR) is 145 cm³/mol. The first-order valence-electron chi connectivity index (χ1n) is 10.9. The fourth-order valence-corrected chi connectivity index (χ4v) is 4.09. The molecule has 0 radical (unpaired) electrons. The fraction of sp³-hybridized carbons (Fsp3) is 0.0714. The first-order chi connectivity index (χ1) is 16.0. The lowest BCUT2D eigenvalue weighted by Gasteiger charge is -2.15. The molecule has 0 aliphatic carbocycles. The predicted octanol–water partition coefficient (Wildman–Crippen LogP) is 7.56. The molecule has 0 saturated carbocycles. The highest BCUT2D eigenvalue weighted by Crippen LogP contribution is 2.33. The third kappa shape index (κ3) is 4.64. The molecule has 33 heavy (non-hydrogen) atoms. The second-order valence-corrected chi connectivity index (χ2v) is 8.58. The number of rotatable bonds is 4. The summed E-state index contributed by atoms with van der Waals surface area (Å²) in [4.78, 5) is 4.84. The molecule has 0 saturated heterocycles.